The Kier molecular flexibility index (Phi) is 5.15. The molecule has 0 aliphatic heterocycles. The van der Waals surface area contributed by atoms with Crippen LogP contribution in [0, 0.1) is 10.1 Å². The summed E-state index contributed by atoms with van der Waals surface area (Å²) >= 11 is 0. The van der Waals surface area contributed by atoms with E-state index in [1.165, 1.54) is 0 Å². The van der Waals surface area contributed by atoms with Gasteiger partial charge in [-0.3, -0.25) is 10.1 Å². The van der Waals surface area contributed by atoms with Crippen LogP contribution in [-0.2, 0) is 0 Å². The fourth-order valence-corrected chi connectivity index (χ4v) is 2.34. The predicted octanol–water partition coefficient (Wildman–Crippen LogP) is 4.02. The summed E-state index contributed by atoms with van der Waals surface area (Å²) in [6.45, 7) is 6.31. The van der Waals surface area contributed by atoms with Crippen molar-refractivity contribution in [1.29, 1.82) is 0 Å². The van der Waals surface area contributed by atoms with Gasteiger partial charge in [0.2, 0.25) is 0 Å². The molecule has 19 heavy (non-hydrogen) atoms. The number of para-hydroxylation sites is 1. The minimum atomic E-state index is -0.333. The first kappa shape index (κ1) is 15.3. The Morgan fingerprint density at radius 2 is 1.68 bits per heavy atom. The van der Waals surface area contributed by atoms with Gasteiger partial charge >= 0.3 is 5.69 Å². The molecule has 5 nitrogen and oxygen atoms in total. The van der Waals surface area contributed by atoms with Crippen molar-refractivity contribution in [3.05, 3.63) is 28.3 Å². The molecule has 0 fully saturated rings. The molecule has 2 N–H and O–H groups in total. The molecule has 0 saturated carbocycles. The van der Waals surface area contributed by atoms with Crippen LogP contribution in [0.2, 0.25) is 0 Å². The quantitative estimate of drug-likeness (QED) is 0.577. The lowest BCUT2D eigenvalue weighted by Gasteiger charge is -2.33. The van der Waals surface area contributed by atoms with Crippen LogP contribution in [0.25, 0.3) is 0 Å². The Hall–Kier alpha value is -1.78. The highest BCUT2D eigenvalue weighted by Crippen LogP contribution is 2.36. The summed E-state index contributed by atoms with van der Waals surface area (Å²) < 4.78 is 0. The van der Waals surface area contributed by atoms with Crippen LogP contribution in [0.4, 0.5) is 17.1 Å². The number of nitro groups is 1. The molecule has 0 amide bonds. The largest absolute Gasteiger partial charge is 0.382 e. The summed E-state index contributed by atoms with van der Waals surface area (Å²) in [7, 11) is 1.69. The normalized spacial score (nSPS) is 11.2. The van der Waals surface area contributed by atoms with E-state index in [2.05, 4.69) is 31.4 Å². The fraction of sp³-hybridized carbons (Fsp3) is 0.571. The Labute approximate surface area is 114 Å². The molecule has 1 rings (SSSR count). The van der Waals surface area contributed by atoms with Crippen molar-refractivity contribution in [3.8, 4) is 0 Å². The minimum absolute atomic E-state index is 0.0862. The van der Waals surface area contributed by atoms with Crippen LogP contribution in [0.5, 0.6) is 0 Å². The first-order valence-corrected chi connectivity index (χ1v) is 6.76. The van der Waals surface area contributed by atoms with Crippen molar-refractivity contribution in [2.24, 2.45) is 0 Å². The van der Waals surface area contributed by atoms with Gasteiger partial charge in [-0.1, -0.05) is 26.8 Å². The molecule has 0 aromatic heterocycles. The average Bonchev–Trinajstić information content (AvgIpc) is 2.44. The molecule has 106 valence electrons. The second kappa shape index (κ2) is 6.41. The molecule has 1 aromatic carbocycles. The molecule has 1 aromatic rings. The Morgan fingerprint density at radius 1 is 1.16 bits per heavy atom. The lowest BCUT2D eigenvalue weighted by Crippen LogP contribution is -2.36. The highest BCUT2D eigenvalue weighted by Gasteiger charge is 2.28. The van der Waals surface area contributed by atoms with Gasteiger partial charge in [-0.2, -0.15) is 0 Å². The zero-order valence-electron chi connectivity index (χ0n) is 12.1. The van der Waals surface area contributed by atoms with Gasteiger partial charge in [0.15, 0.2) is 0 Å². The highest BCUT2D eigenvalue weighted by molar-refractivity contribution is 5.76. The number of rotatable bonds is 7. The topological polar surface area (TPSA) is 67.2 Å². The number of nitro benzene ring substituents is 1. The summed E-state index contributed by atoms with van der Waals surface area (Å²) in [4.78, 5) is 10.9. The number of hydrogen-bond donors (Lipinski definition) is 2. The third kappa shape index (κ3) is 3.16. The average molecular weight is 265 g/mol. The number of nitrogens with zero attached hydrogens (tertiary/aromatic N) is 1. The van der Waals surface area contributed by atoms with E-state index >= 15 is 0 Å². The molecule has 0 bridgehead atoms. The van der Waals surface area contributed by atoms with E-state index in [-0.39, 0.29) is 16.1 Å². The molecule has 0 atom stereocenters. The van der Waals surface area contributed by atoms with E-state index in [9.17, 15) is 10.1 Å². The number of benzene rings is 1. The lowest BCUT2D eigenvalue weighted by atomic mass is 9.89. The van der Waals surface area contributed by atoms with Gasteiger partial charge in [0.1, 0.15) is 11.4 Å². The maximum atomic E-state index is 11.3. The SMILES string of the molecule is CCC(CC)(CC)Nc1cccc(NC)c1[N+](=O)[O-]. The predicted molar refractivity (Wildman–Crippen MR) is 79.9 cm³/mol. The lowest BCUT2D eigenvalue weighted by molar-refractivity contribution is -0.383. The van der Waals surface area contributed by atoms with Crippen molar-refractivity contribution < 1.29 is 4.92 Å². The van der Waals surface area contributed by atoms with Crippen LogP contribution < -0.4 is 10.6 Å². The first-order valence-electron chi connectivity index (χ1n) is 6.76. The maximum Gasteiger partial charge on any atom is 0.315 e. The third-order valence-corrected chi connectivity index (χ3v) is 3.92. The van der Waals surface area contributed by atoms with Gasteiger partial charge in [0.05, 0.1) is 4.92 Å². The fourth-order valence-electron chi connectivity index (χ4n) is 2.34. The van der Waals surface area contributed by atoms with Crippen molar-refractivity contribution in [2.45, 2.75) is 45.6 Å². The van der Waals surface area contributed by atoms with E-state index in [0.717, 1.165) is 19.3 Å². The second-order valence-electron chi connectivity index (χ2n) is 4.67. The van der Waals surface area contributed by atoms with Gasteiger partial charge in [-0.25, -0.2) is 0 Å². The van der Waals surface area contributed by atoms with E-state index in [4.69, 9.17) is 0 Å². The van der Waals surface area contributed by atoms with Crippen molar-refractivity contribution in [2.75, 3.05) is 17.7 Å². The zero-order chi connectivity index (χ0) is 14.5. The van der Waals surface area contributed by atoms with Gasteiger partial charge < -0.3 is 10.6 Å². The second-order valence-corrected chi connectivity index (χ2v) is 4.67. The molecular weight excluding hydrogens is 242 g/mol. The van der Waals surface area contributed by atoms with Crippen LogP contribution in [-0.4, -0.2) is 17.5 Å². The maximum absolute atomic E-state index is 11.3. The van der Waals surface area contributed by atoms with Gasteiger partial charge in [-0.15, -0.1) is 0 Å². The van der Waals surface area contributed by atoms with Crippen molar-refractivity contribution in [3.63, 3.8) is 0 Å². The van der Waals surface area contributed by atoms with E-state index in [1.54, 1.807) is 19.2 Å². The van der Waals surface area contributed by atoms with Crippen molar-refractivity contribution in [1.82, 2.24) is 0 Å². The molecule has 0 aliphatic carbocycles. The van der Waals surface area contributed by atoms with Gasteiger partial charge in [0.25, 0.3) is 0 Å². The summed E-state index contributed by atoms with van der Waals surface area (Å²) in [6, 6.07) is 5.32. The van der Waals surface area contributed by atoms with Crippen LogP contribution in [0.1, 0.15) is 40.0 Å². The third-order valence-electron chi connectivity index (χ3n) is 3.92. The Bertz CT molecular complexity index is 434. The molecular formula is C14H23N3O2. The van der Waals surface area contributed by atoms with E-state index in [1.807, 2.05) is 6.07 Å². The van der Waals surface area contributed by atoms with Crippen LogP contribution in [0.15, 0.2) is 18.2 Å². The molecule has 0 saturated heterocycles. The first-order chi connectivity index (χ1) is 9.03. The summed E-state index contributed by atoms with van der Waals surface area (Å²) in [5.74, 6) is 0. The molecule has 0 unspecified atom stereocenters. The van der Waals surface area contributed by atoms with Crippen LogP contribution >= 0.6 is 0 Å². The van der Waals surface area contributed by atoms with Gasteiger partial charge in [-0.05, 0) is 31.4 Å². The summed E-state index contributed by atoms with van der Waals surface area (Å²) in [5.41, 5.74) is 1.15. The number of anilines is 2. The monoisotopic (exact) mass is 265 g/mol. The Balaban J connectivity index is 3.23. The summed E-state index contributed by atoms with van der Waals surface area (Å²) in [5, 5.41) is 17.5. The highest BCUT2D eigenvalue weighted by atomic mass is 16.6. The zero-order valence-corrected chi connectivity index (χ0v) is 12.1. The van der Waals surface area contributed by atoms with Gasteiger partial charge in [0, 0.05) is 12.6 Å². The molecule has 0 spiro atoms. The van der Waals surface area contributed by atoms with Crippen molar-refractivity contribution >= 4 is 17.1 Å². The molecule has 0 heterocycles. The summed E-state index contributed by atoms with van der Waals surface area (Å²) in [6.07, 6.45) is 2.79. The smallest absolute Gasteiger partial charge is 0.315 e. The molecule has 5 heteroatoms. The van der Waals surface area contributed by atoms with Crippen LogP contribution in [0.3, 0.4) is 0 Å². The molecule has 0 radical (unpaired) electrons. The van der Waals surface area contributed by atoms with E-state index in [0.29, 0.717) is 11.4 Å². The van der Waals surface area contributed by atoms with E-state index < -0.39 is 0 Å². The number of hydrogen-bond acceptors (Lipinski definition) is 4. The number of nitrogens with one attached hydrogen (secondary N) is 2. The molecule has 0 aliphatic rings. The standard InChI is InChI=1S/C14H23N3O2/c1-5-14(6-2,7-3)16-12-10-8-9-11(15-4)13(12)17(18)19/h8-10,15-16H,5-7H2,1-4H3. The Morgan fingerprint density at radius 3 is 2.11 bits per heavy atom. The minimum Gasteiger partial charge on any atom is -0.382 e.